The summed E-state index contributed by atoms with van der Waals surface area (Å²) in [5, 5.41) is 8.24. The first-order chi connectivity index (χ1) is 15.3. The van der Waals surface area contributed by atoms with Gasteiger partial charge in [-0.2, -0.15) is 0 Å². The van der Waals surface area contributed by atoms with Gasteiger partial charge in [0.2, 0.25) is 22.7 Å². The van der Waals surface area contributed by atoms with Crippen LogP contribution in [0.3, 0.4) is 0 Å². The summed E-state index contributed by atoms with van der Waals surface area (Å²) in [6.45, 7) is 2.00. The normalized spacial score (nSPS) is 15.9. The van der Waals surface area contributed by atoms with Crippen molar-refractivity contribution in [3.63, 3.8) is 0 Å². The molecular weight excluding hydrogens is 430 g/mol. The van der Waals surface area contributed by atoms with Crippen molar-refractivity contribution in [2.75, 3.05) is 12.1 Å². The van der Waals surface area contributed by atoms with Crippen molar-refractivity contribution in [1.82, 2.24) is 4.98 Å². The van der Waals surface area contributed by atoms with Crippen molar-refractivity contribution in [3.8, 4) is 22.6 Å². The van der Waals surface area contributed by atoms with E-state index in [2.05, 4.69) is 10.3 Å². The largest absolute Gasteiger partial charge is 0.454 e. The van der Waals surface area contributed by atoms with E-state index < -0.39 is 15.4 Å². The maximum atomic E-state index is 13.2. The highest BCUT2D eigenvalue weighted by molar-refractivity contribution is 7.89. The topological polar surface area (TPSA) is 121 Å². The van der Waals surface area contributed by atoms with Crippen LogP contribution in [0.4, 0.5) is 5.69 Å². The Hall–Kier alpha value is -3.43. The maximum Gasteiger partial charge on any atom is 0.238 e. The number of sulfonamides is 1. The van der Waals surface area contributed by atoms with Crippen molar-refractivity contribution >= 4 is 21.6 Å². The van der Waals surface area contributed by atoms with Gasteiger partial charge in [0.05, 0.1) is 22.2 Å². The summed E-state index contributed by atoms with van der Waals surface area (Å²) in [6, 6.07) is 13.7. The van der Waals surface area contributed by atoms with Gasteiger partial charge in [0.25, 0.3) is 0 Å². The molecule has 3 N–H and O–H groups in total. The van der Waals surface area contributed by atoms with Crippen molar-refractivity contribution in [2.24, 2.45) is 5.14 Å². The molecule has 9 heteroatoms. The number of anilines is 1. The standard InChI is InChI=1S/C23H21N3O5S.3H2/c1-14-19(15-3-2-4-18(9-15)32(24,28)29)11-17(12-25-14)26-22(27)23(7-8-23)16-5-6-20-21(10-16)31-13-30-20;;;/h2-6,9-12H,7-8,13H2,1H3,(H,26,27)(H2,24,28,29);3*1H. The van der Waals surface area contributed by atoms with E-state index in [1.54, 1.807) is 24.4 Å². The molecule has 1 amide bonds. The van der Waals surface area contributed by atoms with Gasteiger partial charge >= 0.3 is 0 Å². The van der Waals surface area contributed by atoms with E-state index in [0.29, 0.717) is 34.0 Å². The van der Waals surface area contributed by atoms with E-state index in [9.17, 15) is 13.2 Å². The summed E-state index contributed by atoms with van der Waals surface area (Å²) in [6.07, 6.45) is 3.07. The van der Waals surface area contributed by atoms with E-state index in [1.807, 2.05) is 25.1 Å². The number of aryl methyl sites for hydroxylation is 1. The summed E-state index contributed by atoms with van der Waals surface area (Å²) in [5.74, 6) is 1.21. The van der Waals surface area contributed by atoms with Gasteiger partial charge in [-0.15, -0.1) is 0 Å². The maximum absolute atomic E-state index is 13.2. The molecule has 0 unspecified atom stereocenters. The average Bonchev–Trinajstić information content (AvgIpc) is 3.45. The fraction of sp³-hybridized carbons (Fsp3) is 0.217. The lowest BCUT2D eigenvalue weighted by atomic mass is 9.94. The smallest absolute Gasteiger partial charge is 0.238 e. The first-order valence-electron chi connectivity index (χ1n) is 10.1. The third-order valence-corrected chi connectivity index (χ3v) is 6.84. The Morgan fingerprint density at radius 2 is 1.91 bits per heavy atom. The zero-order valence-electron chi connectivity index (χ0n) is 17.3. The second kappa shape index (κ2) is 7.32. The van der Waals surface area contributed by atoms with Crippen molar-refractivity contribution < 1.29 is 27.0 Å². The fourth-order valence-electron chi connectivity index (χ4n) is 3.95. The van der Waals surface area contributed by atoms with Gasteiger partial charge in [-0.1, -0.05) is 18.2 Å². The lowest BCUT2D eigenvalue weighted by Crippen LogP contribution is -2.27. The highest BCUT2D eigenvalue weighted by Gasteiger charge is 2.51. The molecule has 1 fully saturated rings. The molecule has 1 aromatic heterocycles. The average molecular weight is 458 g/mol. The summed E-state index contributed by atoms with van der Waals surface area (Å²) >= 11 is 0. The molecule has 2 aromatic carbocycles. The molecule has 5 rings (SSSR count). The Morgan fingerprint density at radius 3 is 2.66 bits per heavy atom. The number of hydrogen-bond donors (Lipinski definition) is 2. The highest BCUT2D eigenvalue weighted by atomic mass is 32.2. The molecular formula is C23H27N3O5S. The van der Waals surface area contributed by atoms with Gasteiger partial charge in [0.15, 0.2) is 11.5 Å². The van der Waals surface area contributed by atoms with Crippen LogP contribution in [0.5, 0.6) is 11.5 Å². The van der Waals surface area contributed by atoms with Crippen molar-refractivity contribution in [2.45, 2.75) is 30.1 Å². The number of fused-ring (bicyclic) bond motifs is 1. The SMILES string of the molecule is Cc1ncc(NC(=O)C2(c3ccc4c(c3)OCO4)CC2)cc1-c1cccc(S(N)(=O)=O)c1.[HH].[HH].[HH]. The molecule has 8 nitrogen and oxygen atoms in total. The second-order valence-electron chi connectivity index (χ2n) is 8.03. The zero-order chi connectivity index (χ0) is 22.5. The lowest BCUT2D eigenvalue weighted by molar-refractivity contribution is -0.118. The van der Waals surface area contributed by atoms with Gasteiger partial charge < -0.3 is 14.8 Å². The number of amides is 1. The molecule has 170 valence electrons. The minimum absolute atomic E-state index is 0. The number of carbonyl (C=O) groups is 1. The Kier molecular flexibility index (Phi) is 4.68. The number of carbonyl (C=O) groups excluding carboxylic acids is 1. The van der Waals surface area contributed by atoms with E-state index >= 15 is 0 Å². The Bertz CT molecular complexity index is 1360. The Balaban J connectivity index is 0.00000144. The number of benzene rings is 2. The van der Waals surface area contributed by atoms with Gasteiger partial charge in [-0.3, -0.25) is 9.78 Å². The molecule has 32 heavy (non-hydrogen) atoms. The van der Waals surface area contributed by atoms with Crippen LogP contribution < -0.4 is 19.9 Å². The molecule has 3 aromatic rings. The fourth-order valence-corrected chi connectivity index (χ4v) is 4.51. The summed E-state index contributed by atoms with van der Waals surface area (Å²) in [7, 11) is -3.83. The number of aromatic nitrogens is 1. The van der Waals surface area contributed by atoms with Crippen molar-refractivity contribution in [1.29, 1.82) is 0 Å². The minimum atomic E-state index is -3.83. The summed E-state index contributed by atoms with van der Waals surface area (Å²) < 4.78 is 34.3. The zero-order valence-corrected chi connectivity index (χ0v) is 18.1. The van der Waals surface area contributed by atoms with E-state index in [1.165, 1.54) is 12.1 Å². The first kappa shape index (κ1) is 20.5. The van der Waals surface area contributed by atoms with Crippen LogP contribution in [0.2, 0.25) is 0 Å². The Morgan fingerprint density at radius 1 is 1.12 bits per heavy atom. The minimum Gasteiger partial charge on any atom is -0.454 e. The van der Waals surface area contributed by atoms with Gasteiger partial charge in [0.1, 0.15) is 0 Å². The first-order valence-corrected chi connectivity index (χ1v) is 11.6. The van der Waals surface area contributed by atoms with Gasteiger partial charge in [-0.05, 0) is 61.2 Å². The molecule has 1 aliphatic heterocycles. The Labute approximate surface area is 189 Å². The monoisotopic (exact) mass is 457 g/mol. The summed E-state index contributed by atoms with van der Waals surface area (Å²) in [4.78, 5) is 17.6. The van der Waals surface area contributed by atoms with E-state index in [0.717, 1.165) is 18.4 Å². The van der Waals surface area contributed by atoms with E-state index in [4.69, 9.17) is 14.6 Å². The molecule has 0 bridgehead atoms. The number of pyridine rings is 1. The van der Waals surface area contributed by atoms with E-state index in [-0.39, 0.29) is 21.9 Å². The third kappa shape index (κ3) is 3.59. The number of hydrogen-bond acceptors (Lipinski definition) is 6. The highest BCUT2D eigenvalue weighted by Crippen LogP contribution is 2.51. The van der Waals surface area contributed by atoms with Crippen LogP contribution in [0.25, 0.3) is 11.1 Å². The van der Waals surface area contributed by atoms with Crippen LogP contribution >= 0.6 is 0 Å². The predicted molar refractivity (Wildman–Crippen MR) is 124 cm³/mol. The number of rotatable bonds is 5. The molecule has 0 atom stereocenters. The number of ether oxygens (including phenoxy) is 2. The van der Waals surface area contributed by atoms with Crippen LogP contribution in [0.15, 0.2) is 59.6 Å². The number of nitrogens with one attached hydrogen (secondary N) is 1. The molecule has 0 radical (unpaired) electrons. The number of nitrogens with two attached hydrogens (primary N) is 1. The van der Waals surface area contributed by atoms with Crippen LogP contribution in [0.1, 0.15) is 28.4 Å². The van der Waals surface area contributed by atoms with Crippen LogP contribution in [0, 0.1) is 6.92 Å². The van der Waals surface area contributed by atoms with Gasteiger partial charge in [0, 0.05) is 15.5 Å². The summed E-state index contributed by atoms with van der Waals surface area (Å²) in [5.41, 5.74) is 2.87. The molecule has 0 spiro atoms. The van der Waals surface area contributed by atoms with Gasteiger partial charge in [-0.25, -0.2) is 13.6 Å². The quantitative estimate of drug-likeness (QED) is 0.600. The number of nitrogens with zero attached hydrogens (tertiary/aromatic N) is 1. The molecule has 1 saturated carbocycles. The van der Waals surface area contributed by atoms with Crippen LogP contribution in [-0.4, -0.2) is 26.1 Å². The third-order valence-electron chi connectivity index (χ3n) is 5.93. The lowest BCUT2D eigenvalue weighted by Gasteiger charge is -2.17. The molecule has 0 saturated heterocycles. The number of primary sulfonamides is 1. The molecule has 2 heterocycles. The molecule has 1 aliphatic carbocycles. The molecule has 2 aliphatic rings. The van der Waals surface area contributed by atoms with Crippen LogP contribution in [-0.2, 0) is 20.2 Å². The van der Waals surface area contributed by atoms with Crippen molar-refractivity contribution in [3.05, 3.63) is 66.0 Å². The second-order valence-corrected chi connectivity index (χ2v) is 9.60. The predicted octanol–water partition coefficient (Wildman–Crippen LogP) is 3.84.